The molecule has 1 rings (SSSR count). The van der Waals surface area contributed by atoms with Crippen molar-refractivity contribution in [2.75, 3.05) is 13.2 Å². The van der Waals surface area contributed by atoms with E-state index in [0.717, 1.165) is 6.42 Å². The Bertz CT molecular complexity index is 216. The fourth-order valence-corrected chi connectivity index (χ4v) is 1.29. The molecule has 2 unspecified atom stereocenters. The second-order valence-electron chi connectivity index (χ2n) is 3.17. The van der Waals surface area contributed by atoms with Crippen LogP contribution < -0.4 is 5.32 Å². The third-order valence-corrected chi connectivity index (χ3v) is 2.06. The van der Waals surface area contributed by atoms with Gasteiger partial charge in [-0.15, -0.1) is 0 Å². The van der Waals surface area contributed by atoms with Crippen molar-refractivity contribution in [2.24, 2.45) is 5.92 Å². The Hall–Kier alpha value is -1.10. The molecule has 2 atom stereocenters. The molecule has 0 bridgehead atoms. The van der Waals surface area contributed by atoms with Gasteiger partial charge in [-0.2, -0.15) is 0 Å². The first-order valence-corrected chi connectivity index (χ1v) is 4.22. The minimum Gasteiger partial charge on any atom is -0.480 e. The molecule has 0 aromatic rings. The summed E-state index contributed by atoms with van der Waals surface area (Å²) in [5.74, 6) is -1.19. The van der Waals surface area contributed by atoms with E-state index in [1.165, 1.54) is 0 Å². The van der Waals surface area contributed by atoms with Crippen LogP contribution >= 0.6 is 0 Å². The second-order valence-corrected chi connectivity index (χ2v) is 3.17. The number of carboxylic acid groups (broad SMARTS) is 1. The lowest BCUT2D eigenvalue weighted by Gasteiger charge is -2.12. The highest BCUT2D eigenvalue weighted by Gasteiger charge is 2.30. The van der Waals surface area contributed by atoms with Gasteiger partial charge in [-0.25, -0.2) is 0 Å². The smallest absolute Gasteiger partial charge is 0.322 e. The molecule has 1 amide bonds. The molecule has 0 aliphatic carbocycles. The Morgan fingerprint density at radius 2 is 2.31 bits per heavy atom. The summed E-state index contributed by atoms with van der Waals surface area (Å²) in [7, 11) is 0. The monoisotopic (exact) mass is 187 g/mol. The van der Waals surface area contributed by atoms with Crippen molar-refractivity contribution in [2.45, 2.75) is 19.4 Å². The number of carbonyl (C=O) groups excluding carboxylic acids is 1. The van der Waals surface area contributed by atoms with Crippen molar-refractivity contribution < 1.29 is 19.4 Å². The molecular formula is C8H13NO4. The largest absolute Gasteiger partial charge is 0.480 e. The van der Waals surface area contributed by atoms with Crippen molar-refractivity contribution in [1.82, 2.24) is 5.32 Å². The van der Waals surface area contributed by atoms with Crippen molar-refractivity contribution in [3.63, 3.8) is 0 Å². The fourth-order valence-electron chi connectivity index (χ4n) is 1.29. The summed E-state index contributed by atoms with van der Waals surface area (Å²) in [5, 5.41) is 10.6. The molecule has 0 spiro atoms. The van der Waals surface area contributed by atoms with Crippen molar-refractivity contribution in [3.8, 4) is 0 Å². The summed E-state index contributed by atoms with van der Waals surface area (Å²) in [5.41, 5.74) is 0. The summed E-state index contributed by atoms with van der Waals surface area (Å²) in [6.07, 6.45) is 0.380. The first-order chi connectivity index (χ1) is 6.11. The first-order valence-electron chi connectivity index (χ1n) is 4.22. The lowest BCUT2D eigenvalue weighted by molar-refractivity contribution is -0.140. The van der Waals surface area contributed by atoms with Crippen LogP contribution in [0.4, 0.5) is 0 Å². The van der Waals surface area contributed by atoms with Gasteiger partial charge < -0.3 is 15.2 Å². The Kier molecular flexibility index (Phi) is 3.25. The van der Waals surface area contributed by atoms with Gasteiger partial charge in [-0.1, -0.05) is 6.92 Å². The third kappa shape index (κ3) is 2.69. The predicted molar refractivity (Wildman–Crippen MR) is 44.2 cm³/mol. The zero-order valence-corrected chi connectivity index (χ0v) is 7.45. The molecule has 1 fully saturated rings. The van der Waals surface area contributed by atoms with Crippen LogP contribution in [0.2, 0.25) is 0 Å². The van der Waals surface area contributed by atoms with Gasteiger partial charge in [0.1, 0.15) is 12.6 Å². The van der Waals surface area contributed by atoms with Crippen LogP contribution in [-0.2, 0) is 14.3 Å². The minimum absolute atomic E-state index is 0.175. The summed E-state index contributed by atoms with van der Waals surface area (Å²) in [6.45, 7) is 2.15. The highest BCUT2D eigenvalue weighted by molar-refractivity contribution is 5.84. The number of carboxylic acids is 1. The zero-order valence-electron chi connectivity index (χ0n) is 7.45. The van der Waals surface area contributed by atoms with Crippen LogP contribution in [0.25, 0.3) is 0 Å². The Labute approximate surface area is 76.1 Å². The highest BCUT2D eigenvalue weighted by atomic mass is 16.5. The van der Waals surface area contributed by atoms with Gasteiger partial charge in [0, 0.05) is 6.61 Å². The van der Waals surface area contributed by atoms with Crippen molar-refractivity contribution >= 4 is 11.9 Å². The molecule has 1 saturated heterocycles. The minimum atomic E-state index is -1.04. The molecule has 2 N–H and O–H groups in total. The van der Waals surface area contributed by atoms with Gasteiger partial charge in [-0.3, -0.25) is 9.59 Å². The molecule has 74 valence electrons. The molecule has 1 aliphatic rings. The number of nitrogens with one attached hydrogen (secondary N) is 1. The molecule has 13 heavy (non-hydrogen) atoms. The van der Waals surface area contributed by atoms with Gasteiger partial charge in [0.2, 0.25) is 5.91 Å². The van der Waals surface area contributed by atoms with Gasteiger partial charge >= 0.3 is 5.97 Å². The van der Waals surface area contributed by atoms with E-state index < -0.39 is 12.1 Å². The van der Waals surface area contributed by atoms with Crippen molar-refractivity contribution in [1.29, 1.82) is 0 Å². The zero-order chi connectivity index (χ0) is 9.84. The van der Waals surface area contributed by atoms with E-state index in [2.05, 4.69) is 5.32 Å². The lowest BCUT2D eigenvalue weighted by Crippen LogP contribution is -2.39. The summed E-state index contributed by atoms with van der Waals surface area (Å²) >= 11 is 0. The topological polar surface area (TPSA) is 75.6 Å². The van der Waals surface area contributed by atoms with Gasteiger partial charge in [-0.05, 0) is 12.3 Å². The van der Waals surface area contributed by atoms with Crippen LogP contribution in [0.1, 0.15) is 13.3 Å². The van der Waals surface area contributed by atoms with E-state index >= 15 is 0 Å². The number of aliphatic carboxylic acids is 1. The molecule has 0 radical (unpaired) electrons. The molecule has 5 nitrogen and oxygen atoms in total. The quantitative estimate of drug-likeness (QED) is 0.631. The van der Waals surface area contributed by atoms with E-state index in [0.29, 0.717) is 6.61 Å². The molecule has 1 heterocycles. The van der Waals surface area contributed by atoms with E-state index in [4.69, 9.17) is 9.84 Å². The van der Waals surface area contributed by atoms with E-state index in [1.807, 2.05) is 6.92 Å². The maximum absolute atomic E-state index is 11.3. The Morgan fingerprint density at radius 3 is 2.77 bits per heavy atom. The normalized spacial score (nSPS) is 27.2. The fraction of sp³-hybridized carbons (Fsp3) is 0.750. The molecule has 0 saturated carbocycles. The SMILES string of the molecule is CC1CCOC1C(=O)NCC(=O)O. The van der Waals surface area contributed by atoms with Crippen LogP contribution in [-0.4, -0.2) is 36.2 Å². The molecule has 0 aromatic heterocycles. The number of amides is 1. The summed E-state index contributed by atoms with van der Waals surface area (Å²) in [6, 6.07) is 0. The summed E-state index contributed by atoms with van der Waals surface area (Å²) in [4.78, 5) is 21.4. The first kappa shape index (κ1) is 9.98. The van der Waals surface area contributed by atoms with E-state index in [-0.39, 0.29) is 18.4 Å². The maximum atomic E-state index is 11.3. The molecule has 1 aliphatic heterocycles. The average molecular weight is 187 g/mol. The standard InChI is InChI=1S/C8H13NO4/c1-5-2-3-13-7(5)8(12)9-4-6(10)11/h5,7H,2-4H2,1H3,(H,9,12)(H,10,11). The van der Waals surface area contributed by atoms with Crippen LogP contribution in [0.3, 0.4) is 0 Å². The van der Waals surface area contributed by atoms with Gasteiger partial charge in [0.05, 0.1) is 0 Å². The second kappa shape index (κ2) is 4.23. The number of hydrogen-bond donors (Lipinski definition) is 2. The van der Waals surface area contributed by atoms with Crippen molar-refractivity contribution in [3.05, 3.63) is 0 Å². The number of ether oxygens (including phenoxy) is 1. The van der Waals surface area contributed by atoms with Crippen LogP contribution in [0, 0.1) is 5.92 Å². The molecule has 5 heteroatoms. The number of hydrogen-bond acceptors (Lipinski definition) is 3. The van der Waals surface area contributed by atoms with E-state index in [9.17, 15) is 9.59 Å². The molecule has 0 aromatic carbocycles. The number of carbonyl (C=O) groups is 2. The van der Waals surface area contributed by atoms with E-state index in [1.54, 1.807) is 0 Å². The highest BCUT2D eigenvalue weighted by Crippen LogP contribution is 2.19. The average Bonchev–Trinajstić information content (AvgIpc) is 2.47. The predicted octanol–water partition coefficient (Wildman–Crippen LogP) is -0.388. The Balaban J connectivity index is 2.34. The summed E-state index contributed by atoms with van der Waals surface area (Å²) < 4.78 is 5.15. The maximum Gasteiger partial charge on any atom is 0.322 e. The molecular weight excluding hydrogens is 174 g/mol. The van der Waals surface area contributed by atoms with Crippen LogP contribution in [0.5, 0.6) is 0 Å². The van der Waals surface area contributed by atoms with Gasteiger partial charge in [0.25, 0.3) is 0 Å². The Morgan fingerprint density at radius 1 is 1.62 bits per heavy atom. The lowest BCUT2D eigenvalue weighted by atomic mass is 10.0. The third-order valence-electron chi connectivity index (χ3n) is 2.06. The van der Waals surface area contributed by atoms with Crippen LogP contribution in [0.15, 0.2) is 0 Å². The number of rotatable bonds is 3. The van der Waals surface area contributed by atoms with Gasteiger partial charge in [0.15, 0.2) is 0 Å².